The van der Waals surface area contributed by atoms with Crippen LogP contribution in [0.2, 0.25) is 0 Å². The summed E-state index contributed by atoms with van der Waals surface area (Å²) in [5.74, 6) is 1.29. The molecule has 1 unspecified atom stereocenters. The first-order valence-electron chi connectivity index (χ1n) is 5.98. The van der Waals surface area contributed by atoms with Crippen molar-refractivity contribution >= 4 is 0 Å². The molecule has 0 heterocycles. The van der Waals surface area contributed by atoms with Crippen molar-refractivity contribution in [3.63, 3.8) is 0 Å². The highest BCUT2D eigenvalue weighted by molar-refractivity contribution is 5.34. The van der Waals surface area contributed by atoms with Crippen LogP contribution in [0.25, 0.3) is 0 Å². The number of hydrogen-bond donors (Lipinski definition) is 1. The summed E-state index contributed by atoms with van der Waals surface area (Å²) < 4.78 is 5.65. The lowest BCUT2D eigenvalue weighted by Crippen LogP contribution is -2.30. The molecule has 0 aliphatic heterocycles. The highest BCUT2D eigenvalue weighted by Crippen LogP contribution is 2.12. The molecule has 1 atom stereocenters. The Morgan fingerprint density at radius 1 is 1.24 bits per heavy atom. The molecule has 0 fully saturated rings. The van der Waals surface area contributed by atoms with Gasteiger partial charge in [-0.3, -0.25) is 0 Å². The van der Waals surface area contributed by atoms with Crippen LogP contribution in [0.4, 0.5) is 0 Å². The predicted molar refractivity (Wildman–Crippen MR) is 69.0 cm³/mol. The maximum absolute atomic E-state index is 8.67. The van der Waals surface area contributed by atoms with E-state index in [1.54, 1.807) is 12.1 Å². The minimum absolute atomic E-state index is 0.466. The fourth-order valence-electron chi connectivity index (χ4n) is 1.36. The summed E-state index contributed by atoms with van der Waals surface area (Å²) >= 11 is 0. The Morgan fingerprint density at radius 2 is 1.88 bits per heavy atom. The Balaban J connectivity index is 2.32. The van der Waals surface area contributed by atoms with E-state index in [-0.39, 0.29) is 0 Å². The van der Waals surface area contributed by atoms with E-state index in [2.05, 4.69) is 32.2 Å². The number of rotatable bonds is 6. The van der Waals surface area contributed by atoms with Gasteiger partial charge < -0.3 is 10.1 Å². The van der Waals surface area contributed by atoms with Gasteiger partial charge in [0.15, 0.2) is 0 Å². The number of nitrogens with one attached hydrogen (secondary N) is 1. The average Bonchev–Trinajstić information content (AvgIpc) is 2.34. The third kappa shape index (κ3) is 5.37. The molecule has 0 saturated heterocycles. The predicted octanol–water partition coefficient (Wildman–Crippen LogP) is 2.57. The molecule has 3 nitrogen and oxygen atoms in total. The smallest absolute Gasteiger partial charge is 0.119 e. The van der Waals surface area contributed by atoms with Gasteiger partial charge >= 0.3 is 0 Å². The molecule has 0 radical (unpaired) electrons. The summed E-state index contributed by atoms with van der Waals surface area (Å²) in [5, 5.41) is 12.0. The Kier molecular flexibility index (Phi) is 5.51. The second-order valence-electron chi connectivity index (χ2n) is 4.62. The maximum Gasteiger partial charge on any atom is 0.119 e. The molecule has 0 aliphatic carbocycles. The largest absolute Gasteiger partial charge is 0.493 e. The van der Waals surface area contributed by atoms with Crippen LogP contribution < -0.4 is 10.1 Å². The zero-order valence-corrected chi connectivity index (χ0v) is 10.7. The molecular formula is C14H20N2O. The fraction of sp³-hybridized carbons (Fsp3) is 0.500. The van der Waals surface area contributed by atoms with Gasteiger partial charge in [0, 0.05) is 18.5 Å². The molecule has 17 heavy (non-hydrogen) atoms. The minimum Gasteiger partial charge on any atom is -0.493 e. The lowest BCUT2D eigenvalue weighted by atomic mass is 10.2. The molecule has 1 aromatic rings. The van der Waals surface area contributed by atoms with Crippen LogP contribution in [0, 0.1) is 17.2 Å². The molecule has 1 N–H and O–H groups in total. The second-order valence-corrected chi connectivity index (χ2v) is 4.62. The topological polar surface area (TPSA) is 45.0 Å². The quantitative estimate of drug-likeness (QED) is 0.820. The Bertz CT molecular complexity index is 365. The number of nitriles is 1. The standard InChI is InChI=1S/C14H20N2O/c1-11(2)16-9-12(3)10-17-14-6-4-13(8-15)5-7-14/h4-7,11-12,16H,9-10H2,1-3H3. The zero-order valence-electron chi connectivity index (χ0n) is 10.7. The minimum atomic E-state index is 0.466. The number of benzene rings is 1. The number of nitrogens with zero attached hydrogens (tertiary/aromatic N) is 1. The van der Waals surface area contributed by atoms with Gasteiger partial charge in [0.1, 0.15) is 5.75 Å². The highest BCUT2D eigenvalue weighted by atomic mass is 16.5. The molecule has 0 bridgehead atoms. The van der Waals surface area contributed by atoms with Gasteiger partial charge in [-0.25, -0.2) is 0 Å². The summed E-state index contributed by atoms with van der Waals surface area (Å²) in [6, 6.07) is 9.80. The van der Waals surface area contributed by atoms with Gasteiger partial charge in [0.25, 0.3) is 0 Å². The van der Waals surface area contributed by atoms with Gasteiger partial charge in [-0.15, -0.1) is 0 Å². The van der Waals surface area contributed by atoms with Gasteiger partial charge in [0.2, 0.25) is 0 Å². The van der Waals surface area contributed by atoms with Crippen molar-refractivity contribution in [3.05, 3.63) is 29.8 Å². The molecule has 0 aliphatic rings. The van der Waals surface area contributed by atoms with Gasteiger partial charge in [-0.2, -0.15) is 5.26 Å². The van der Waals surface area contributed by atoms with E-state index in [1.807, 2.05) is 12.1 Å². The van der Waals surface area contributed by atoms with Crippen molar-refractivity contribution < 1.29 is 4.74 Å². The third-order valence-electron chi connectivity index (χ3n) is 2.39. The van der Waals surface area contributed by atoms with Crippen LogP contribution in [0.15, 0.2) is 24.3 Å². The van der Waals surface area contributed by atoms with Gasteiger partial charge in [-0.1, -0.05) is 20.8 Å². The normalized spacial score (nSPS) is 12.2. The molecule has 0 saturated carbocycles. The van der Waals surface area contributed by atoms with E-state index in [9.17, 15) is 0 Å². The first-order chi connectivity index (χ1) is 8.11. The van der Waals surface area contributed by atoms with E-state index in [0.717, 1.165) is 12.3 Å². The van der Waals surface area contributed by atoms with Crippen LogP contribution in [-0.4, -0.2) is 19.2 Å². The van der Waals surface area contributed by atoms with E-state index in [4.69, 9.17) is 10.00 Å². The van der Waals surface area contributed by atoms with Crippen LogP contribution in [-0.2, 0) is 0 Å². The van der Waals surface area contributed by atoms with Gasteiger partial charge in [0.05, 0.1) is 18.2 Å². The van der Waals surface area contributed by atoms with E-state index >= 15 is 0 Å². The summed E-state index contributed by atoms with van der Waals surface area (Å²) in [5.41, 5.74) is 0.659. The van der Waals surface area contributed by atoms with Crippen molar-refractivity contribution in [1.82, 2.24) is 5.32 Å². The Labute approximate surface area is 103 Å². The Morgan fingerprint density at radius 3 is 2.41 bits per heavy atom. The monoisotopic (exact) mass is 232 g/mol. The van der Waals surface area contributed by atoms with Gasteiger partial charge in [-0.05, 0) is 24.3 Å². The van der Waals surface area contributed by atoms with E-state index in [0.29, 0.717) is 24.1 Å². The lowest BCUT2D eigenvalue weighted by Gasteiger charge is -2.15. The summed E-state index contributed by atoms with van der Waals surface area (Å²) in [4.78, 5) is 0. The second kappa shape index (κ2) is 6.93. The van der Waals surface area contributed by atoms with Crippen LogP contribution in [0.3, 0.4) is 0 Å². The number of ether oxygens (including phenoxy) is 1. The van der Waals surface area contributed by atoms with Crippen LogP contribution >= 0.6 is 0 Å². The molecule has 0 amide bonds. The van der Waals surface area contributed by atoms with Crippen molar-refractivity contribution in [1.29, 1.82) is 5.26 Å². The third-order valence-corrected chi connectivity index (χ3v) is 2.39. The van der Waals surface area contributed by atoms with Crippen molar-refractivity contribution in [2.75, 3.05) is 13.2 Å². The molecule has 1 aromatic carbocycles. The average molecular weight is 232 g/mol. The summed E-state index contributed by atoms with van der Waals surface area (Å²) in [6.07, 6.45) is 0. The van der Waals surface area contributed by atoms with Crippen LogP contribution in [0.1, 0.15) is 26.3 Å². The molecular weight excluding hydrogens is 212 g/mol. The highest BCUT2D eigenvalue weighted by Gasteiger charge is 2.04. The fourth-order valence-corrected chi connectivity index (χ4v) is 1.36. The van der Waals surface area contributed by atoms with Crippen molar-refractivity contribution in [2.45, 2.75) is 26.8 Å². The molecule has 3 heteroatoms. The maximum atomic E-state index is 8.67. The summed E-state index contributed by atoms with van der Waals surface area (Å²) in [6.45, 7) is 8.06. The first kappa shape index (κ1) is 13.5. The van der Waals surface area contributed by atoms with Crippen molar-refractivity contribution in [3.8, 4) is 11.8 Å². The zero-order chi connectivity index (χ0) is 12.7. The van der Waals surface area contributed by atoms with E-state index < -0.39 is 0 Å². The molecule has 0 spiro atoms. The molecule has 0 aromatic heterocycles. The SMILES string of the molecule is CC(CNC(C)C)COc1ccc(C#N)cc1. The summed E-state index contributed by atoms with van der Waals surface area (Å²) in [7, 11) is 0. The van der Waals surface area contributed by atoms with E-state index in [1.165, 1.54) is 0 Å². The van der Waals surface area contributed by atoms with Crippen LogP contribution in [0.5, 0.6) is 5.75 Å². The first-order valence-corrected chi connectivity index (χ1v) is 5.98. The lowest BCUT2D eigenvalue weighted by molar-refractivity contribution is 0.253. The molecule has 92 valence electrons. The number of hydrogen-bond acceptors (Lipinski definition) is 3. The Hall–Kier alpha value is -1.53. The van der Waals surface area contributed by atoms with Crippen molar-refractivity contribution in [2.24, 2.45) is 5.92 Å². The molecule has 1 rings (SSSR count).